The molecular formula is C75H94ClN15O13. The van der Waals surface area contributed by atoms with Crippen molar-refractivity contribution < 1.29 is 63.0 Å². The number of rotatable bonds is 34. The predicted molar refractivity (Wildman–Crippen MR) is 393 cm³/mol. The summed E-state index contributed by atoms with van der Waals surface area (Å²) in [5.74, 6) is -9.16. The number of fused-ring (bicyclic) bond motifs is 1. The molecule has 2 heterocycles. The van der Waals surface area contributed by atoms with E-state index in [-0.39, 0.29) is 87.0 Å². The van der Waals surface area contributed by atoms with Gasteiger partial charge >= 0.3 is 0 Å². The van der Waals surface area contributed by atoms with Gasteiger partial charge in [0.05, 0.1) is 24.2 Å². The normalized spacial score (nSPS) is 15.2. The molecule has 6 aromatic rings. The number of likely N-dealkylation sites (tertiary alicyclic amines) is 1. The maximum Gasteiger partial charge on any atom is 0.250 e. The standard InChI is InChI=1S/C75H94ClN15O13/c1-44(2)38-63(68(98)84-57(24-16-36-81-75(78)79)72(102)89-37-17-26-62(89)67(97)82-45(3)65(77)95)87(7)70(100)46(4)90(54-22-15-35-80-42-54)73(103)59(41-51-29-33-55(94)34-30-51)86-69(99)64(43-92)88(8)71(101)47(5)91(61-25-14-21-52-20-12-13-23-56(52)61)74(104)60(40-49-18-10-9-11-19-49)85-66(96)58(83-48(6)93)39-50-27-31-53(76)32-28-50/h9-15,18-23,25,27-35,42,44-47,57-60,62-64,92,94H,16-17,24,26,36-41,43H2,1-8H3,(H2,77,95)(H,82,97)(H,83,93)(H,84,98)(H,85,96)(H,86,99)(H4,78,79,81)/t45-,46-,47-,57+,58-,59+,60-,62+,63+,64+/m1/s1. The zero-order valence-corrected chi connectivity index (χ0v) is 60.3. The highest BCUT2D eigenvalue weighted by Crippen LogP contribution is 2.31. The first-order valence-corrected chi connectivity index (χ1v) is 34.8. The average molecular weight is 1450 g/mol. The molecule has 1 aliphatic rings. The Morgan fingerprint density at radius 3 is 1.77 bits per heavy atom. The highest BCUT2D eigenvalue weighted by molar-refractivity contribution is 6.30. The third-order valence-corrected chi connectivity index (χ3v) is 18.4. The zero-order valence-electron chi connectivity index (χ0n) is 59.6. The predicted octanol–water partition coefficient (Wildman–Crippen LogP) is 3.36. The summed E-state index contributed by atoms with van der Waals surface area (Å²) in [5.41, 5.74) is 12.9. The van der Waals surface area contributed by atoms with E-state index in [0.29, 0.717) is 38.9 Å². The summed E-state index contributed by atoms with van der Waals surface area (Å²) < 4.78 is 0. The van der Waals surface area contributed by atoms with Crippen molar-refractivity contribution in [2.24, 2.45) is 17.4 Å². The van der Waals surface area contributed by atoms with E-state index in [1.807, 2.05) is 26.0 Å². The van der Waals surface area contributed by atoms with Crippen molar-refractivity contribution in [3.8, 4) is 5.75 Å². The van der Waals surface area contributed by atoms with Gasteiger partial charge in [0, 0.05) is 70.0 Å². The van der Waals surface area contributed by atoms with E-state index < -0.39 is 132 Å². The van der Waals surface area contributed by atoms with Crippen molar-refractivity contribution in [3.05, 3.63) is 168 Å². The van der Waals surface area contributed by atoms with Crippen LogP contribution in [0.5, 0.6) is 5.75 Å². The second-order valence-electron chi connectivity index (χ2n) is 26.4. The van der Waals surface area contributed by atoms with Crippen LogP contribution >= 0.6 is 11.6 Å². The van der Waals surface area contributed by atoms with Gasteiger partial charge in [-0.25, -0.2) is 0 Å². The fraction of sp³-hybridized carbons (Fsp3) is 0.400. The highest BCUT2D eigenvalue weighted by Gasteiger charge is 2.44. The molecule has 11 amide bonds. The molecule has 13 N–H and O–H groups in total. The number of aliphatic hydroxyl groups is 1. The molecule has 0 spiro atoms. The molecule has 1 fully saturated rings. The van der Waals surface area contributed by atoms with Crippen molar-refractivity contribution in [2.45, 2.75) is 153 Å². The smallest absolute Gasteiger partial charge is 0.250 e. The number of nitrogens with two attached hydrogens (primary N) is 2. The lowest BCUT2D eigenvalue weighted by Crippen LogP contribution is -2.62. The number of hydrogen-bond acceptors (Lipinski definition) is 15. The Hall–Kier alpha value is -11.0. The number of guanidine groups is 1. The summed E-state index contributed by atoms with van der Waals surface area (Å²) in [6, 6.07) is 22.8. The zero-order chi connectivity index (χ0) is 76.1. The lowest BCUT2D eigenvalue weighted by Gasteiger charge is -2.38. The molecule has 10 atom stereocenters. The molecule has 1 aromatic heterocycles. The van der Waals surface area contributed by atoms with E-state index in [0.717, 1.165) is 14.7 Å². The minimum absolute atomic E-state index is 0.00870. The van der Waals surface area contributed by atoms with Crippen molar-refractivity contribution >= 4 is 105 Å². The number of phenolic OH excluding ortho intramolecular Hbond substituents is 1. The minimum atomic E-state index is -1.79. The number of aromatic hydroxyl groups is 1. The average Bonchev–Trinajstić information content (AvgIpc) is 0.905. The molecule has 29 heteroatoms. The Bertz CT molecular complexity index is 4020. The van der Waals surface area contributed by atoms with Crippen LogP contribution < -0.4 is 53.2 Å². The van der Waals surface area contributed by atoms with E-state index in [1.165, 1.54) is 100 Å². The molecule has 5 aromatic carbocycles. The molecule has 28 nitrogen and oxygen atoms in total. The van der Waals surface area contributed by atoms with Crippen molar-refractivity contribution in [1.82, 2.24) is 51.6 Å². The maximum atomic E-state index is 15.9. The minimum Gasteiger partial charge on any atom is -0.508 e. The van der Waals surface area contributed by atoms with Crippen LogP contribution in [0, 0.1) is 11.3 Å². The summed E-state index contributed by atoms with van der Waals surface area (Å²) in [5, 5.41) is 47.4. The maximum absolute atomic E-state index is 15.9. The topological polar surface area (TPSA) is 405 Å². The van der Waals surface area contributed by atoms with Crippen LogP contribution in [0.15, 0.2) is 146 Å². The number of pyridine rings is 1. The van der Waals surface area contributed by atoms with Gasteiger partial charge in [-0.1, -0.05) is 116 Å². The fourth-order valence-corrected chi connectivity index (χ4v) is 12.7. The molecule has 554 valence electrons. The first-order chi connectivity index (χ1) is 49.5. The van der Waals surface area contributed by atoms with Crippen LogP contribution in [-0.2, 0) is 72.0 Å². The van der Waals surface area contributed by atoms with Crippen LogP contribution in [0.1, 0.15) is 90.3 Å². The number of halogens is 1. The number of carbonyl (C=O) groups excluding carboxylic acids is 11. The number of hydrogen-bond donors (Lipinski definition) is 11. The van der Waals surface area contributed by atoms with Gasteiger partial charge in [0.2, 0.25) is 53.2 Å². The first-order valence-electron chi connectivity index (χ1n) is 34.4. The molecule has 0 saturated carbocycles. The van der Waals surface area contributed by atoms with E-state index >= 15 is 24.0 Å². The van der Waals surface area contributed by atoms with Crippen LogP contribution in [0.4, 0.5) is 11.4 Å². The Morgan fingerprint density at radius 2 is 1.17 bits per heavy atom. The monoisotopic (exact) mass is 1450 g/mol. The molecule has 0 radical (unpaired) electrons. The number of aliphatic hydroxyl groups excluding tert-OH is 1. The molecule has 0 bridgehead atoms. The Morgan fingerprint density at radius 1 is 0.625 bits per heavy atom. The number of carbonyl (C=O) groups is 11. The van der Waals surface area contributed by atoms with Gasteiger partial charge < -0.3 is 68.3 Å². The Balaban J connectivity index is 1.21. The van der Waals surface area contributed by atoms with Crippen LogP contribution in [0.2, 0.25) is 5.02 Å². The van der Waals surface area contributed by atoms with Gasteiger partial charge in [0.25, 0.3) is 11.8 Å². The summed E-state index contributed by atoms with van der Waals surface area (Å²) in [6.45, 7) is 8.36. The largest absolute Gasteiger partial charge is 0.508 e. The summed E-state index contributed by atoms with van der Waals surface area (Å²) >= 11 is 6.18. The number of phenols is 1. The van der Waals surface area contributed by atoms with E-state index in [1.54, 1.807) is 84.9 Å². The van der Waals surface area contributed by atoms with E-state index in [4.69, 9.17) is 28.5 Å². The lowest BCUT2D eigenvalue weighted by molar-refractivity contribution is -0.145. The number of nitrogens with one attached hydrogen (secondary N) is 7. The van der Waals surface area contributed by atoms with Crippen LogP contribution in [0.25, 0.3) is 10.8 Å². The SMILES string of the molecule is CC(=O)N[C@H](Cc1ccc(Cl)cc1)C(=O)N[C@H](Cc1ccccc1)C(=O)N(c1cccc2ccccc12)[C@H](C)C(=O)N(C)[C@@H](CO)C(=O)N[C@@H](Cc1ccc(O)cc1)C(=O)N(c1cccnc1)[C@H](C)C(=O)N(C)[C@@H](CC(C)C)C(=O)N[C@@H](CCCNC(=N)N)C(=O)N1CCC[C@H]1C(=O)N[C@H](C)C(N)=O. The van der Waals surface area contributed by atoms with Gasteiger partial charge in [-0.05, 0) is 123 Å². The van der Waals surface area contributed by atoms with E-state index in [9.17, 15) is 39.0 Å². The third kappa shape index (κ3) is 21.5. The third-order valence-electron chi connectivity index (χ3n) is 18.2. The number of primary amides is 1. The highest BCUT2D eigenvalue weighted by atomic mass is 35.5. The molecule has 0 aliphatic carbocycles. The molecule has 104 heavy (non-hydrogen) atoms. The number of amides is 11. The Kier molecular flexibility index (Phi) is 29.2. The quantitative estimate of drug-likeness (QED) is 0.0157. The molecule has 7 rings (SSSR count). The van der Waals surface area contributed by atoms with E-state index in [2.05, 4.69) is 36.9 Å². The fourth-order valence-electron chi connectivity index (χ4n) is 12.6. The second kappa shape index (κ2) is 37.8. The van der Waals surface area contributed by atoms with Crippen LogP contribution in [-0.4, -0.2) is 195 Å². The van der Waals surface area contributed by atoms with Crippen molar-refractivity contribution in [2.75, 3.05) is 43.6 Å². The van der Waals surface area contributed by atoms with Crippen molar-refractivity contribution in [1.29, 1.82) is 5.41 Å². The molecular weight excluding hydrogens is 1350 g/mol. The van der Waals surface area contributed by atoms with Crippen LogP contribution in [0.3, 0.4) is 0 Å². The summed E-state index contributed by atoms with van der Waals surface area (Å²) in [7, 11) is 2.60. The number of aromatic nitrogens is 1. The van der Waals surface area contributed by atoms with Crippen molar-refractivity contribution in [3.63, 3.8) is 0 Å². The molecule has 1 saturated heterocycles. The number of nitrogens with zero attached hydrogens (tertiary/aromatic N) is 6. The summed E-state index contributed by atoms with van der Waals surface area (Å²) in [6.07, 6.45) is 3.23. The Labute approximate surface area is 609 Å². The van der Waals surface area contributed by atoms with Gasteiger partial charge in [-0.15, -0.1) is 0 Å². The second-order valence-corrected chi connectivity index (χ2v) is 26.8. The number of benzene rings is 5. The molecule has 1 aliphatic heterocycles. The van der Waals surface area contributed by atoms with Gasteiger partial charge in [0.15, 0.2) is 5.96 Å². The number of anilines is 2. The summed E-state index contributed by atoms with van der Waals surface area (Å²) in [4.78, 5) is 170. The van der Waals surface area contributed by atoms with Gasteiger partial charge in [0.1, 0.15) is 66.2 Å². The molecule has 0 unspecified atom stereocenters. The van der Waals surface area contributed by atoms with Gasteiger partial charge in [-0.3, -0.25) is 72.9 Å². The van der Waals surface area contributed by atoms with Gasteiger partial charge in [-0.2, -0.15) is 0 Å². The number of likely N-dealkylation sites (N-methyl/N-ethyl adjacent to an activating group) is 2. The lowest BCUT2D eigenvalue weighted by atomic mass is 9.99. The first kappa shape index (κ1) is 80.3.